The van der Waals surface area contributed by atoms with E-state index in [-0.39, 0.29) is 10.8 Å². The zero-order valence-electron chi connectivity index (χ0n) is 10.1. The van der Waals surface area contributed by atoms with Crippen LogP contribution in [0.1, 0.15) is 10.4 Å². The number of aryl methyl sites for hydroxylation is 1. The standard InChI is InChI=1S/C12H12ClNO3S2/c1-8-2-3-9(6-11(8)13)14-19(16,17)12-5-4-10(7-15)18-12/h2-6,14-15H,7H2,1H3. The molecule has 2 N–H and O–H groups in total. The van der Waals surface area contributed by atoms with Crippen LogP contribution in [0.5, 0.6) is 0 Å². The highest BCUT2D eigenvalue weighted by molar-refractivity contribution is 7.94. The lowest BCUT2D eigenvalue weighted by Gasteiger charge is -2.07. The molecule has 102 valence electrons. The second-order valence-electron chi connectivity index (χ2n) is 3.95. The maximum Gasteiger partial charge on any atom is 0.271 e. The molecule has 7 heteroatoms. The fourth-order valence-electron chi connectivity index (χ4n) is 1.45. The van der Waals surface area contributed by atoms with Gasteiger partial charge in [-0.25, -0.2) is 8.42 Å². The number of benzene rings is 1. The number of hydrogen-bond acceptors (Lipinski definition) is 4. The summed E-state index contributed by atoms with van der Waals surface area (Å²) < 4.78 is 26.8. The predicted molar refractivity (Wildman–Crippen MR) is 77.2 cm³/mol. The van der Waals surface area contributed by atoms with E-state index in [4.69, 9.17) is 16.7 Å². The molecule has 0 atom stereocenters. The minimum atomic E-state index is -3.63. The zero-order chi connectivity index (χ0) is 14.0. The number of rotatable bonds is 4. The summed E-state index contributed by atoms with van der Waals surface area (Å²) in [7, 11) is -3.63. The molecule has 2 aromatic rings. The maximum atomic E-state index is 12.1. The summed E-state index contributed by atoms with van der Waals surface area (Å²) in [5.74, 6) is 0. The van der Waals surface area contributed by atoms with Gasteiger partial charge in [-0.05, 0) is 36.8 Å². The summed E-state index contributed by atoms with van der Waals surface area (Å²) >= 11 is 6.98. The summed E-state index contributed by atoms with van der Waals surface area (Å²) in [5.41, 5.74) is 1.29. The van der Waals surface area contributed by atoms with Crippen LogP contribution < -0.4 is 4.72 Å². The van der Waals surface area contributed by atoms with E-state index < -0.39 is 10.0 Å². The fourth-order valence-corrected chi connectivity index (χ4v) is 3.90. The first-order valence-electron chi connectivity index (χ1n) is 5.41. The van der Waals surface area contributed by atoms with Gasteiger partial charge in [0.15, 0.2) is 0 Å². The van der Waals surface area contributed by atoms with Crippen molar-refractivity contribution in [3.8, 4) is 0 Å². The third-order valence-electron chi connectivity index (χ3n) is 2.48. The highest BCUT2D eigenvalue weighted by Gasteiger charge is 2.17. The fraction of sp³-hybridized carbons (Fsp3) is 0.167. The first-order valence-corrected chi connectivity index (χ1v) is 8.08. The zero-order valence-corrected chi connectivity index (χ0v) is 12.4. The highest BCUT2D eigenvalue weighted by atomic mass is 35.5. The van der Waals surface area contributed by atoms with Gasteiger partial charge in [0.1, 0.15) is 4.21 Å². The molecule has 0 unspecified atom stereocenters. The molecule has 0 radical (unpaired) electrons. The van der Waals surface area contributed by atoms with Gasteiger partial charge in [-0.3, -0.25) is 4.72 Å². The molecule has 0 saturated carbocycles. The second kappa shape index (κ2) is 5.50. The number of aliphatic hydroxyl groups excluding tert-OH is 1. The molecule has 0 saturated heterocycles. The van der Waals surface area contributed by atoms with Gasteiger partial charge in [-0.15, -0.1) is 11.3 Å². The van der Waals surface area contributed by atoms with Gasteiger partial charge in [0.05, 0.1) is 12.3 Å². The van der Waals surface area contributed by atoms with Crippen LogP contribution >= 0.6 is 22.9 Å². The van der Waals surface area contributed by atoms with Gasteiger partial charge in [-0.1, -0.05) is 17.7 Å². The Hall–Kier alpha value is -1.08. The van der Waals surface area contributed by atoms with E-state index in [1.807, 2.05) is 6.92 Å². The third kappa shape index (κ3) is 3.27. The van der Waals surface area contributed by atoms with E-state index in [9.17, 15) is 8.42 Å². The van der Waals surface area contributed by atoms with Gasteiger partial charge in [-0.2, -0.15) is 0 Å². The maximum absolute atomic E-state index is 12.1. The van der Waals surface area contributed by atoms with Crippen molar-refractivity contribution in [1.29, 1.82) is 0 Å². The summed E-state index contributed by atoms with van der Waals surface area (Å²) in [4.78, 5) is 0.599. The van der Waals surface area contributed by atoms with Crippen LogP contribution in [0, 0.1) is 6.92 Å². The molecular weight excluding hydrogens is 306 g/mol. The summed E-state index contributed by atoms with van der Waals surface area (Å²) in [6.07, 6.45) is 0. The normalized spacial score (nSPS) is 11.5. The summed E-state index contributed by atoms with van der Waals surface area (Å²) in [5, 5.41) is 9.45. The molecular formula is C12H12ClNO3S2. The molecule has 1 aromatic heterocycles. The third-order valence-corrected chi connectivity index (χ3v) is 5.83. The van der Waals surface area contributed by atoms with Crippen molar-refractivity contribution < 1.29 is 13.5 Å². The molecule has 4 nitrogen and oxygen atoms in total. The van der Waals surface area contributed by atoms with Crippen molar-refractivity contribution in [2.45, 2.75) is 17.7 Å². The molecule has 19 heavy (non-hydrogen) atoms. The highest BCUT2D eigenvalue weighted by Crippen LogP contribution is 2.26. The number of sulfonamides is 1. The molecule has 2 rings (SSSR count). The SMILES string of the molecule is Cc1ccc(NS(=O)(=O)c2ccc(CO)s2)cc1Cl. The average Bonchev–Trinajstić information content (AvgIpc) is 2.83. The van der Waals surface area contributed by atoms with Crippen molar-refractivity contribution in [1.82, 2.24) is 0 Å². The molecule has 0 aliphatic rings. The molecule has 0 bridgehead atoms. The Morgan fingerprint density at radius 2 is 2.05 bits per heavy atom. The minimum Gasteiger partial charge on any atom is -0.391 e. The van der Waals surface area contributed by atoms with E-state index in [0.29, 0.717) is 15.6 Å². The molecule has 1 heterocycles. The van der Waals surface area contributed by atoms with E-state index in [0.717, 1.165) is 16.9 Å². The summed E-state index contributed by atoms with van der Waals surface area (Å²) in [6.45, 7) is 1.67. The van der Waals surface area contributed by atoms with Gasteiger partial charge >= 0.3 is 0 Å². The first-order chi connectivity index (χ1) is 8.92. The Morgan fingerprint density at radius 1 is 1.32 bits per heavy atom. The van der Waals surface area contributed by atoms with Crippen molar-refractivity contribution in [3.63, 3.8) is 0 Å². The van der Waals surface area contributed by atoms with Crippen molar-refractivity contribution in [2.24, 2.45) is 0 Å². The number of halogens is 1. The van der Waals surface area contributed by atoms with Crippen LogP contribution in [0.25, 0.3) is 0 Å². The Labute approximate surface area is 120 Å². The quantitative estimate of drug-likeness (QED) is 0.911. The molecule has 0 fully saturated rings. The topological polar surface area (TPSA) is 66.4 Å². The van der Waals surface area contributed by atoms with Crippen LogP contribution in [0.15, 0.2) is 34.5 Å². The molecule has 0 aliphatic carbocycles. The van der Waals surface area contributed by atoms with Gasteiger partial charge in [0.25, 0.3) is 10.0 Å². The summed E-state index contributed by atoms with van der Waals surface area (Å²) in [6, 6.07) is 8.01. The van der Waals surface area contributed by atoms with Crippen molar-refractivity contribution in [3.05, 3.63) is 45.8 Å². The first kappa shape index (κ1) is 14.3. The van der Waals surface area contributed by atoms with E-state index in [2.05, 4.69) is 4.72 Å². The molecule has 1 aromatic carbocycles. The average molecular weight is 318 g/mol. The van der Waals surface area contributed by atoms with Crippen LogP contribution in [0.4, 0.5) is 5.69 Å². The Balaban J connectivity index is 2.28. The van der Waals surface area contributed by atoms with Crippen LogP contribution in [-0.2, 0) is 16.6 Å². The number of nitrogens with one attached hydrogen (secondary N) is 1. The Kier molecular flexibility index (Phi) is 4.15. The van der Waals surface area contributed by atoms with Crippen LogP contribution in [-0.4, -0.2) is 13.5 Å². The Bertz CT molecular complexity index is 695. The lowest BCUT2D eigenvalue weighted by atomic mass is 10.2. The largest absolute Gasteiger partial charge is 0.391 e. The van der Waals surface area contributed by atoms with E-state index in [1.54, 1.807) is 24.3 Å². The minimum absolute atomic E-state index is 0.160. The van der Waals surface area contributed by atoms with Crippen LogP contribution in [0.2, 0.25) is 5.02 Å². The second-order valence-corrected chi connectivity index (χ2v) is 7.43. The molecule has 0 aliphatic heterocycles. The number of anilines is 1. The van der Waals surface area contributed by atoms with E-state index >= 15 is 0 Å². The number of hydrogen-bond donors (Lipinski definition) is 2. The van der Waals surface area contributed by atoms with Crippen molar-refractivity contribution in [2.75, 3.05) is 4.72 Å². The van der Waals surface area contributed by atoms with Gasteiger partial charge < -0.3 is 5.11 Å². The Morgan fingerprint density at radius 3 is 2.63 bits per heavy atom. The smallest absolute Gasteiger partial charge is 0.271 e. The lowest BCUT2D eigenvalue weighted by molar-refractivity contribution is 0.285. The molecule has 0 spiro atoms. The van der Waals surface area contributed by atoms with Crippen LogP contribution in [0.3, 0.4) is 0 Å². The van der Waals surface area contributed by atoms with Gasteiger partial charge in [0, 0.05) is 9.90 Å². The molecule has 0 amide bonds. The monoisotopic (exact) mass is 317 g/mol. The lowest BCUT2D eigenvalue weighted by Crippen LogP contribution is -2.11. The van der Waals surface area contributed by atoms with E-state index in [1.165, 1.54) is 6.07 Å². The predicted octanol–water partition coefficient (Wildman–Crippen LogP) is 3.00. The number of thiophene rings is 1. The van der Waals surface area contributed by atoms with Crippen molar-refractivity contribution >= 4 is 38.6 Å². The number of aliphatic hydroxyl groups is 1. The van der Waals surface area contributed by atoms with Gasteiger partial charge in [0.2, 0.25) is 0 Å².